The highest BCUT2D eigenvalue weighted by atomic mass is 32.2. The number of fused-ring (bicyclic) bond motifs is 1. The quantitative estimate of drug-likeness (QED) is 0.460. The van der Waals surface area contributed by atoms with Gasteiger partial charge < -0.3 is 4.90 Å². The second-order valence-electron chi connectivity index (χ2n) is 7.32. The Hall–Kier alpha value is -3.53. The molecule has 0 aliphatic rings. The molecule has 0 radical (unpaired) electrons. The topological polar surface area (TPSA) is 67.2 Å². The summed E-state index contributed by atoms with van der Waals surface area (Å²) in [6.45, 7) is 0. The van der Waals surface area contributed by atoms with Crippen molar-refractivity contribution in [2.75, 3.05) is 23.7 Å². The summed E-state index contributed by atoms with van der Waals surface area (Å²) in [5, 5.41) is 4.89. The van der Waals surface area contributed by atoms with Crippen molar-refractivity contribution >= 4 is 32.2 Å². The summed E-state index contributed by atoms with van der Waals surface area (Å²) in [7, 11) is -0.151. The lowest BCUT2D eigenvalue weighted by molar-refractivity contribution is -0.141. The highest BCUT2D eigenvalue weighted by molar-refractivity contribution is 7.93. The lowest BCUT2D eigenvalue weighted by Gasteiger charge is -2.17. The first kappa shape index (κ1) is 21.7. The van der Waals surface area contributed by atoms with E-state index in [-0.39, 0.29) is 10.6 Å². The first-order chi connectivity index (χ1) is 15.1. The van der Waals surface area contributed by atoms with Crippen molar-refractivity contribution in [3.8, 4) is 5.69 Å². The van der Waals surface area contributed by atoms with Crippen molar-refractivity contribution in [1.82, 2.24) is 9.78 Å². The highest BCUT2D eigenvalue weighted by Gasteiger charge is 2.33. The smallest absolute Gasteiger partial charge is 0.377 e. The molecule has 0 unspecified atom stereocenters. The molecule has 0 saturated carbocycles. The number of aromatic nitrogens is 2. The van der Waals surface area contributed by atoms with Crippen LogP contribution in [0.25, 0.3) is 16.5 Å². The number of nitrogens with zero attached hydrogens (tertiary/aromatic N) is 3. The van der Waals surface area contributed by atoms with Crippen molar-refractivity contribution in [1.29, 1.82) is 0 Å². The number of hydrogen-bond donors (Lipinski definition) is 1. The molecule has 0 amide bonds. The normalized spacial score (nSPS) is 12.2. The Labute approximate surface area is 182 Å². The maximum absolute atomic E-state index is 13.1. The Morgan fingerprint density at radius 2 is 1.56 bits per heavy atom. The number of anilines is 2. The molecular weight excluding hydrogens is 441 g/mol. The van der Waals surface area contributed by atoms with Crippen molar-refractivity contribution in [2.24, 2.45) is 0 Å². The van der Waals surface area contributed by atoms with E-state index in [1.54, 1.807) is 18.2 Å². The van der Waals surface area contributed by atoms with Gasteiger partial charge in [-0.25, -0.2) is 13.1 Å². The van der Waals surface area contributed by atoms with Gasteiger partial charge in [0, 0.05) is 42.4 Å². The SMILES string of the molecule is CN(C)c1cccc2c(S(=O)(=O)Nc3ccc(-n4ccc(C(F)(F)F)n4)cc3)cccc12. The third-order valence-electron chi connectivity index (χ3n) is 4.89. The molecule has 4 aromatic rings. The van der Waals surface area contributed by atoms with E-state index in [1.807, 2.05) is 31.1 Å². The first-order valence-corrected chi connectivity index (χ1v) is 11.0. The average Bonchev–Trinajstić information content (AvgIpc) is 3.24. The zero-order chi connectivity index (χ0) is 23.1. The van der Waals surface area contributed by atoms with Gasteiger partial charge in [-0.15, -0.1) is 0 Å². The fourth-order valence-electron chi connectivity index (χ4n) is 3.40. The Balaban J connectivity index is 1.63. The van der Waals surface area contributed by atoms with Gasteiger partial charge in [-0.2, -0.15) is 18.3 Å². The minimum atomic E-state index is -4.54. The van der Waals surface area contributed by atoms with Crippen LogP contribution in [0.4, 0.5) is 24.5 Å². The van der Waals surface area contributed by atoms with Crippen LogP contribution in [0.3, 0.4) is 0 Å². The second-order valence-corrected chi connectivity index (χ2v) is 8.97. The summed E-state index contributed by atoms with van der Waals surface area (Å²) >= 11 is 0. The van der Waals surface area contributed by atoms with Crippen LogP contribution < -0.4 is 9.62 Å². The summed E-state index contributed by atoms with van der Waals surface area (Å²) in [4.78, 5) is 2.04. The van der Waals surface area contributed by atoms with Crippen LogP contribution in [-0.4, -0.2) is 32.3 Å². The first-order valence-electron chi connectivity index (χ1n) is 9.51. The maximum Gasteiger partial charge on any atom is 0.435 e. The van der Waals surface area contributed by atoms with Gasteiger partial charge in [0.15, 0.2) is 5.69 Å². The highest BCUT2D eigenvalue weighted by Crippen LogP contribution is 2.31. The Bertz CT molecular complexity index is 1380. The molecule has 6 nitrogen and oxygen atoms in total. The zero-order valence-corrected chi connectivity index (χ0v) is 17.9. The fraction of sp³-hybridized carbons (Fsp3) is 0.136. The Morgan fingerprint density at radius 3 is 2.19 bits per heavy atom. The van der Waals surface area contributed by atoms with Gasteiger partial charge in [0.1, 0.15) is 0 Å². The number of alkyl halides is 3. The van der Waals surface area contributed by atoms with Crippen LogP contribution in [0.1, 0.15) is 5.69 Å². The lowest BCUT2D eigenvalue weighted by Crippen LogP contribution is -2.14. The molecule has 0 bridgehead atoms. The van der Waals surface area contributed by atoms with Gasteiger partial charge in [0.25, 0.3) is 10.0 Å². The van der Waals surface area contributed by atoms with Gasteiger partial charge in [-0.05, 0) is 42.5 Å². The van der Waals surface area contributed by atoms with Gasteiger partial charge in [-0.1, -0.05) is 24.3 Å². The molecule has 166 valence electrons. The van der Waals surface area contributed by atoms with E-state index in [2.05, 4.69) is 9.82 Å². The molecule has 0 fully saturated rings. The predicted octanol–water partition coefficient (Wildman–Crippen LogP) is 4.91. The molecule has 3 aromatic carbocycles. The summed E-state index contributed by atoms with van der Waals surface area (Å²) in [6, 6.07) is 17.3. The second kappa shape index (κ2) is 7.86. The van der Waals surface area contributed by atoms with Crippen molar-refractivity contribution in [3.05, 3.63) is 78.6 Å². The number of halogens is 3. The molecule has 0 saturated heterocycles. The number of rotatable bonds is 5. The maximum atomic E-state index is 13.1. The van der Waals surface area contributed by atoms with Crippen LogP contribution in [0.15, 0.2) is 77.8 Å². The summed E-state index contributed by atoms with van der Waals surface area (Å²) < 4.78 is 68.1. The van der Waals surface area contributed by atoms with E-state index in [4.69, 9.17) is 0 Å². The summed E-state index contributed by atoms with van der Waals surface area (Å²) in [5.41, 5.74) is 0.527. The van der Waals surface area contributed by atoms with Crippen LogP contribution in [0, 0.1) is 0 Å². The molecule has 10 heteroatoms. The molecule has 0 aliphatic heterocycles. The molecule has 1 aromatic heterocycles. The van der Waals surface area contributed by atoms with E-state index >= 15 is 0 Å². The molecule has 4 rings (SSSR count). The van der Waals surface area contributed by atoms with Crippen molar-refractivity contribution in [3.63, 3.8) is 0 Å². The number of sulfonamides is 1. The van der Waals surface area contributed by atoms with Gasteiger partial charge in [0.05, 0.1) is 10.6 Å². The number of nitrogens with one attached hydrogen (secondary N) is 1. The minimum absolute atomic E-state index is 0.129. The molecule has 1 heterocycles. The monoisotopic (exact) mass is 460 g/mol. The number of benzene rings is 3. The van der Waals surface area contributed by atoms with Crippen LogP contribution >= 0.6 is 0 Å². The van der Waals surface area contributed by atoms with E-state index in [1.165, 1.54) is 36.5 Å². The fourth-order valence-corrected chi connectivity index (χ4v) is 4.68. The molecular formula is C22H19F3N4O2S. The van der Waals surface area contributed by atoms with E-state index in [9.17, 15) is 21.6 Å². The van der Waals surface area contributed by atoms with Gasteiger partial charge >= 0.3 is 6.18 Å². The summed E-state index contributed by atoms with van der Waals surface area (Å²) in [5.74, 6) is 0. The third kappa shape index (κ3) is 4.13. The predicted molar refractivity (Wildman–Crippen MR) is 118 cm³/mol. The standard InChI is InChI=1S/C22H19F3N4O2S/c1-28(2)19-7-3-6-18-17(19)5-4-8-20(18)32(30,31)27-15-9-11-16(12-10-15)29-14-13-21(26-29)22(23,24)25/h3-14,27H,1-2H3. The Kier molecular flexibility index (Phi) is 5.33. The molecule has 0 spiro atoms. The van der Waals surface area contributed by atoms with Crippen LogP contribution in [0.5, 0.6) is 0 Å². The van der Waals surface area contributed by atoms with Gasteiger partial charge in [0.2, 0.25) is 0 Å². The summed E-state index contributed by atoms with van der Waals surface area (Å²) in [6.07, 6.45) is -3.34. The van der Waals surface area contributed by atoms with E-state index < -0.39 is 21.9 Å². The molecule has 1 N–H and O–H groups in total. The average molecular weight is 460 g/mol. The van der Waals surface area contributed by atoms with Crippen molar-refractivity contribution in [2.45, 2.75) is 11.1 Å². The van der Waals surface area contributed by atoms with Gasteiger partial charge in [-0.3, -0.25) is 4.72 Å². The van der Waals surface area contributed by atoms with Crippen molar-refractivity contribution < 1.29 is 21.6 Å². The Morgan fingerprint density at radius 1 is 0.906 bits per heavy atom. The molecule has 0 atom stereocenters. The third-order valence-corrected chi connectivity index (χ3v) is 6.33. The minimum Gasteiger partial charge on any atom is -0.377 e. The van der Waals surface area contributed by atoms with Crippen LogP contribution in [0.2, 0.25) is 0 Å². The van der Waals surface area contributed by atoms with Crippen LogP contribution in [-0.2, 0) is 16.2 Å². The zero-order valence-electron chi connectivity index (χ0n) is 17.1. The molecule has 32 heavy (non-hydrogen) atoms. The largest absolute Gasteiger partial charge is 0.435 e. The lowest BCUT2D eigenvalue weighted by atomic mass is 10.1. The van der Waals surface area contributed by atoms with E-state index in [0.717, 1.165) is 21.8 Å². The number of hydrogen-bond acceptors (Lipinski definition) is 4. The van der Waals surface area contributed by atoms with E-state index in [0.29, 0.717) is 11.1 Å². The molecule has 0 aliphatic carbocycles.